The second-order valence-electron chi connectivity index (χ2n) is 6.40. The second-order valence-corrected chi connectivity index (χ2v) is 7.40. The van der Waals surface area contributed by atoms with Crippen LogP contribution in [-0.4, -0.2) is 11.0 Å². The average Bonchev–Trinajstić information content (AvgIpc) is 2.50. The Kier molecular flexibility index (Phi) is 27.8. The Bertz CT molecular complexity index is 237. The Morgan fingerprint density at radius 3 is 1.26 bits per heavy atom. The summed E-state index contributed by atoms with van der Waals surface area (Å²) in [6.07, 6.45) is 22.2. The normalized spacial score (nSPS) is 10.3. The summed E-state index contributed by atoms with van der Waals surface area (Å²) in [4.78, 5) is 0. The Morgan fingerprint density at radius 2 is 0.957 bits per heavy atom. The van der Waals surface area contributed by atoms with E-state index in [0.717, 1.165) is 6.42 Å². The van der Waals surface area contributed by atoms with Crippen molar-refractivity contribution in [2.45, 2.75) is 110 Å². The van der Waals surface area contributed by atoms with Gasteiger partial charge in [-0.25, -0.2) is 0 Å². The first-order valence-electron chi connectivity index (χ1n) is 9.61. The summed E-state index contributed by atoms with van der Waals surface area (Å²) >= 11 is 9.40. The minimum atomic E-state index is 0. The zero-order valence-corrected chi connectivity index (χ0v) is 20.5. The summed E-state index contributed by atoms with van der Waals surface area (Å²) in [5.41, 5.74) is 0. The maximum Gasteiger partial charge on any atom is 1.00 e. The van der Waals surface area contributed by atoms with Crippen LogP contribution in [0.4, 0.5) is 0 Å². The van der Waals surface area contributed by atoms with Gasteiger partial charge in [-0.3, -0.25) is 0 Å². The van der Waals surface area contributed by atoms with E-state index in [1.54, 1.807) is 0 Å². The first-order chi connectivity index (χ1) is 10.8. The van der Waals surface area contributed by atoms with Crippen LogP contribution in [0.15, 0.2) is 0 Å². The third-order valence-corrected chi connectivity index (χ3v) is 4.45. The third kappa shape index (κ3) is 26.1. The number of rotatable bonds is 17. The summed E-state index contributed by atoms with van der Waals surface area (Å²) in [6.45, 7) is 2.99. The number of thiocarbonyl (C=S) groups is 1. The van der Waals surface area contributed by atoms with Crippen molar-refractivity contribution < 1.29 is 56.1 Å². The monoisotopic (exact) mass is 384 g/mol. The van der Waals surface area contributed by atoms with E-state index >= 15 is 0 Å². The zero-order valence-electron chi connectivity index (χ0n) is 15.7. The summed E-state index contributed by atoms with van der Waals surface area (Å²) in [5, 5.41) is 0. The first-order valence-corrected chi connectivity index (χ1v) is 10.4. The second kappa shape index (κ2) is 23.7. The van der Waals surface area contributed by atoms with E-state index in [2.05, 4.69) is 6.92 Å². The number of unbranched alkanes of at least 4 members (excludes halogenated alkanes) is 15. The van der Waals surface area contributed by atoms with Gasteiger partial charge in [0.2, 0.25) is 0 Å². The number of hydrogen-bond acceptors (Lipinski definition) is 3. The molecular formula is C19H37KOS2. The van der Waals surface area contributed by atoms with E-state index in [0.29, 0.717) is 6.61 Å². The third-order valence-electron chi connectivity index (χ3n) is 4.22. The molecule has 0 aliphatic heterocycles. The molecule has 0 bridgehead atoms. The molecule has 0 unspecified atom stereocenters. The summed E-state index contributed by atoms with van der Waals surface area (Å²) in [5.74, 6) is 0. The van der Waals surface area contributed by atoms with Crippen molar-refractivity contribution in [3.05, 3.63) is 0 Å². The predicted octanol–water partition coefficient (Wildman–Crippen LogP) is 4.10. The molecule has 0 heterocycles. The largest absolute Gasteiger partial charge is 1.00 e. The van der Waals surface area contributed by atoms with Crippen molar-refractivity contribution in [2.24, 2.45) is 0 Å². The molecule has 0 saturated carbocycles. The van der Waals surface area contributed by atoms with Crippen molar-refractivity contribution in [2.75, 3.05) is 6.61 Å². The Balaban J connectivity index is 0. The van der Waals surface area contributed by atoms with Gasteiger partial charge in [-0.05, 0) is 6.42 Å². The van der Waals surface area contributed by atoms with Crippen LogP contribution in [0.3, 0.4) is 0 Å². The van der Waals surface area contributed by atoms with Gasteiger partial charge in [-0.1, -0.05) is 103 Å². The molecule has 23 heavy (non-hydrogen) atoms. The van der Waals surface area contributed by atoms with Gasteiger partial charge in [0.15, 0.2) is 0 Å². The smallest absolute Gasteiger partial charge is 0.514 e. The molecule has 4 heteroatoms. The van der Waals surface area contributed by atoms with E-state index in [9.17, 15) is 0 Å². The zero-order chi connectivity index (χ0) is 16.3. The maximum atomic E-state index is 5.11. The molecule has 0 aromatic heterocycles. The van der Waals surface area contributed by atoms with E-state index in [1.165, 1.54) is 96.3 Å². The molecule has 0 N–H and O–H groups in total. The van der Waals surface area contributed by atoms with Gasteiger partial charge in [0.05, 0.1) is 6.61 Å². The number of hydrogen-bond donors (Lipinski definition) is 0. The van der Waals surface area contributed by atoms with Crippen molar-refractivity contribution >= 4 is 29.2 Å². The molecule has 0 saturated heterocycles. The van der Waals surface area contributed by atoms with Crippen LogP contribution in [0.1, 0.15) is 110 Å². The molecule has 0 aliphatic rings. The van der Waals surface area contributed by atoms with E-state index < -0.39 is 0 Å². The van der Waals surface area contributed by atoms with Crippen LogP contribution >= 0.6 is 12.2 Å². The van der Waals surface area contributed by atoms with Crippen molar-refractivity contribution in [3.63, 3.8) is 0 Å². The summed E-state index contributed by atoms with van der Waals surface area (Å²) < 4.78 is 5.37. The molecule has 0 atom stereocenters. The summed E-state index contributed by atoms with van der Waals surface area (Å²) in [7, 11) is 0. The van der Waals surface area contributed by atoms with Crippen LogP contribution in [-0.2, 0) is 17.4 Å². The molecule has 0 aromatic rings. The van der Waals surface area contributed by atoms with Crippen molar-refractivity contribution in [1.82, 2.24) is 0 Å². The molecule has 0 spiro atoms. The van der Waals surface area contributed by atoms with Crippen LogP contribution < -0.4 is 51.4 Å². The van der Waals surface area contributed by atoms with Crippen LogP contribution in [0, 0.1) is 0 Å². The average molecular weight is 385 g/mol. The van der Waals surface area contributed by atoms with Gasteiger partial charge in [0.1, 0.15) is 0 Å². The van der Waals surface area contributed by atoms with Gasteiger partial charge in [0.25, 0.3) is 0 Å². The molecule has 1 nitrogen and oxygen atoms in total. The van der Waals surface area contributed by atoms with Gasteiger partial charge in [-0.15, -0.1) is 0 Å². The maximum absolute atomic E-state index is 5.11. The van der Waals surface area contributed by atoms with E-state index in [4.69, 9.17) is 29.6 Å². The van der Waals surface area contributed by atoms with Gasteiger partial charge in [-0.2, -0.15) is 0 Å². The molecular weight excluding hydrogens is 347 g/mol. The van der Waals surface area contributed by atoms with Crippen LogP contribution in [0.25, 0.3) is 0 Å². The minimum Gasteiger partial charge on any atom is -0.514 e. The Morgan fingerprint density at radius 1 is 0.652 bits per heavy atom. The van der Waals surface area contributed by atoms with Crippen LogP contribution in [0.5, 0.6) is 0 Å². The first kappa shape index (κ1) is 27.0. The van der Waals surface area contributed by atoms with Gasteiger partial charge < -0.3 is 29.6 Å². The van der Waals surface area contributed by atoms with E-state index in [-0.39, 0.29) is 55.8 Å². The molecule has 0 radical (unpaired) electrons. The molecule has 132 valence electrons. The minimum absolute atomic E-state index is 0. The fraction of sp³-hybridized carbons (Fsp3) is 0.947. The molecule has 0 fully saturated rings. The van der Waals surface area contributed by atoms with Crippen molar-refractivity contribution in [1.29, 1.82) is 0 Å². The fourth-order valence-electron chi connectivity index (χ4n) is 2.81. The quantitative estimate of drug-likeness (QED) is 0.162. The topological polar surface area (TPSA) is 9.23 Å². The molecule has 0 aliphatic carbocycles. The molecule has 0 rings (SSSR count). The van der Waals surface area contributed by atoms with Crippen LogP contribution in [0.2, 0.25) is 0 Å². The number of ether oxygens (including phenoxy) is 1. The molecule has 0 aromatic carbocycles. The summed E-state index contributed by atoms with van der Waals surface area (Å²) in [6, 6.07) is 0. The molecule has 0 amide bonds. The SMILES string of the molecule is CCCCCCCCCCCCCCCCCCOC(=S)[S-].[K+]. The fourth-order valence-corrected chi connectivity index (χ4v) is 2.97. The Labute approximate surface area is 199 Å². The predicted molar refractivity (Wildman–Crippen MR) is 105 cm³/mol. The Hall–Kier alpha value is 1.75. The van der Waals surface area contributed by atoms with Gasteiger partial charge in [0, 0.05) is 4.38 Å². The van der Waals surface area contributed by atoms with Gasteiger partial charge >= 0.3 is 51.4 Å². The van der Waals surface area contributed by atoms with E-state index in [1.807, 2.05) is 0 Å². The van der Waals surface area contributed by atoms with Crippen molar-refractivity contribution in [3.8, 4) is 0 Å². The standard InChI is InChI=1S/C19H38OS2.K/c1-2-3-4-5-6-7-8-9-10-11-12-13-14-15-16-17-18-20-19(21)22;/h2-18H2,1H3,(H,21,22);/q;+1/p-1.